The van der Waals surface area contributed by atoms with Crippen LogP contribution in [0.4, 0.5) is 15.3 Å². The standard InChI is InChI=1S/C36H43N3O8/c1-35(2,3)46-31(40)21-30(32(41)38-23-15-17-24(18-16-23)44-20-19-37-33(42)47-36(4,5)6)39-34(43)45-22-29-27-13-9-7-11-25(27)26-12-8-10-14-28(26)29/h7-18,29-30H,19-22H2,1-6H3,(H,37,42)(H,38,41)(H,39,43). The number of hydrogen-bond acceptors (Lipinski definition) is 8. The first-order chi connectivity index (χ1) is 22.2. The molecule has 11 nitrogen and oxygen atoms in total. The Morgan fingerprint density at radius 1 is 0.745 bits per heavy atom. The van der Waals surface area contributed by atoms with E-state index in [0.717, 1.165) is 22.3 Å². The number of amides is 3. The van der Waals surface area contributed by atoms with Crippen LogP contribution >= 0.6 is 0 Å². The molecule has 0 heterocycles. The largest absolute Gasteiger partial charge is 0.492 e. The van der Waals surface area contributed by atoms with Gasteiger partial charge in [0, 0.05) is 11.6 Å². The van der Waals surface area contributed by atoms with Gasteiger partial charge in [0.15, 0.2) is 0 Å². The Bertz CT molecular complexity index is 1530. The van der Waals surface area contributed by atoms with E-state index in [9.17, 15) is 19.2 Å². The Balaban J connectivity index is 1.34. The van der Waals surface area contributed by atoms with E-state index in [-0.39, 0.29) is 25.7 Å². The van der Waals surface area contributed by atoms with Gasteiger partial charge in [-0.05, 0) is 88.1 Å². The molecule has 0 radical (unpaired) electrons. The Hall–Kier alpha value is -5.06. The van der Waals surface area contributed by atoms with Gasteiger partial charge in [0.1, 0.15) is 36.2 Å². The summed E-state index contributed by atoms with van der Waals surface area (Å²) in [6, 6.07) is 21.2. The normalized spacial score (nSPS) is 13.0. The van der Waals surface area contributed by atoms with Crippen LogP contribution in [-0.4, -0.2) is 61.1 Å². The molecule has 4 rings (SSSR count). The number of hydrogen-bond donors (Lipinski definition) is 3. The number of benzene rings is 3. The lowest BCUT2D eigenvalue weighted by molar-refractivity contribution is -0.156. The van der Waals surface area contributed by atoms with Crippen LogP contribution < -0.4 is 20.7 Å². The smallest absolute Gasteiger partial charge is 0.407 e. The zero-order chi connectivity index (χ0) is 34.2. The zero-order valence-corrected chi connectivity index (χ0v) is 27.7. The molecule has 0 bridgehead atoms. The number of esters is 1. The molecular formula is C36H43N3O8. The van der Waals surface area contributed by atoms with Crippen molar-refractivity contribution >= 4 is 29.8 Å². The summed E-state index contributed by atoms with van der Waals surface area (Å²) in [6.07, 6.45) is -1.77. The van der Waals surface area contributed by atoms with E-state index in [0.29, 0.717) is 11.4 Å². The Kier molecular flexibility index (Phi) is 11.1. The van der Waals surface area contributed by atoms with Crippen molar-refractivity contribution in [1.29, 1.82) is 0 Å². The third-order valence-corrected chi connectivity index (χ3v) is 6.90. The number of alkyl carbamates (subject to hydrolysis) is 2. The highest BCUT2D eigenvalue weighted by molar-refractivity contribution is 5.98. The molecule has 1 atom stereocenters. The first-order valence-electron chi connectivity index (χ1n) is 15.5. The molecule has 3 aromatic carbocycles. The maximum Gasteiger partial charge on any atom is 0.407 e. The first-order valence-corrected chi connectivity index (χ1v) is 15.5. The molecule has 3 N–H and O–H groups in total. The summed E-state index contributed by atoms with van der Waals surface area (Å²) in [5, 5.41) is 7.89. The van der Waals surface area contributed by atoms with E-state index in [1.54, 1.807) is 65.8 Å². The molecule has 1 aliphatic carbocycles. The molecule has 3 amide bonds. The SMILES string of the molecule is CC(C)(C)OC(=O)CC(NC(=O)OCC1c2ccccc2-c2ccccc21)C(=O)Nc1ccc(OCCNC(=O)OC(C)(C)C)cc1. The van der Waals surface area contributed by atoms with Crippen LogP contribution in [0.2, 0.25) is 0 Å². The molecule has 0 saturated carbocycles. The fourth-order valence-corrected chi connectivity index (χ4v) is 5.04. The minimum Gasteiger partial charge on any atom is -0.492 e. The summed E-state index contributed by atoms with van der Waals surface area (Å²) in [4.78, 5) is 50.8. The van der Waals surface area contributed by atoms with Gasteiger partial charge in [-0.1, -0.05) is 48.5 Å². The second kappa shape index (κ2) is 15.0. The summed E-state index contributed by atoms with van der Waals surface area (Å²) >= 11 is 0. The van der Waals surface area contributed by atoms with E-state index < -0.39 is 47.7 Å². The lowest BCUT2D eigenvalue weighted by Gasteiger charge is -2.23. The van der Waals surface area contributed by atoms with Gasteiger partial charge in [-0.2, -0.15) is 0 Å². The average Bonchev–Trinajstić information content (AvgIpc) is 3.30. The van der Waals surface area contributed by atoms with Crippen LogP contribution in [0.1, 0.15) is 65.0 Å². The van der Waals surface area contributed by atoms with Crippen molar-refractivity contribution in [2.45, 2.75) is 71.1 Å². The molecule has 0 fully saturated rings. The first kappa shape index (κ1) is 34.8. The van der Waals surface area contributed by atoms with Gasteiger partial charge in [-0.25, -0.2) is 9.59 Å². The second-order valence-electron chi connectivity index (χ2n) is 13.1. The monoisotopic (exact) mass is 645 g/mol. The lowest BCUT2D eigenvalue weighted by atomic mass is 9.98. The van der Waals surface area contributed by atoms with Crippen molar-refractivity contribution in [3.05, 3.63) is 83.9 Å². The third kappa shape index (κ3) is 10.5. The number of nitrogens with one attached hydrogen (secondary N) is 3. The number of carbonyl (C=O) groups excluding carboxylic acids is 4. The van der Waals surface area contributed by atoms with Gasteiger partial charge < -0.3 is 34.9 Å². The lowest BCUT2D eigenvalue weighted by Crippen LogP contribution is -2.46. The van der Waals surface area contributed by atoms with Crippen molar-refractivity contribution in [2.24, 2.45) is 0 Å². The van der Waals surface area contributed by atoms with Gasteiger partial charge in [0.05, 0.1) is 13.0 Å². The van der Waals surface area contributed by atoms with E-state index in [4.69, 9.17) is 18.9 Å². The number of ether oxygens (including phenoxy) is 4. The topological polar surface area (TPSA) is 141 Å². The summed E-state index contributed by atoms with van der Waals surface area (Å²) in [5.74, 6) is -0.934. The van der Waals surface area contributed by atoms with Gasteiger partial charge in [0.2, 0.25) is 5.91 Å². The highest BCUT2D eigenvalue weighted by Crippen LogP contribution is 2.44. The number of fused-ring (bicyclic) bond motifs is 3. The van der Waals surface area contributed by atoms with Crippen LogP contribution in [0.3, 0.4) is 0 Å². The highest BCUT2D eigenvalue weighted by Gasteiger charge is 2.31. The maximum atomic E-state index is 13.3. The fraction of sp³-hybridized carbons (Fsp3) is 0.389. The molecule has 0 spiro atoms. The van der Waals surface area contributed by atoms with Gasteiger partial charge in [-0.3, -0.25) is 9.59 Å². The molecule has 250 valence electrons. The molecule has 3 aromatic rings. The summed E-state index contributed by atoms with van der Waals surface area (Å²) in [7, 11) is 0. The Labute approximate surface area is 275 Å². The predicted molar refractivity (Wildman–Crippen MR) is 177 cm³/mol. The van der Waals surface area contributed by atoms with Crippen molar-refractivity contribution in [3.8, 4) is 16.9 Å². The summed E-state index contributed by atoms with van der Waals surface area (Å²) in [5.41, 5.74) is 3.33. The van der Waals surface area contributed by atoms with Crippen molar-refractivity contribution < 1.29 is 38.1 Å². The molecule has 11 heteroatoms. The average molecular weight is 646 g/mol. The quantitative estimate of drug-likeness (QED) is 0.128. The zero-order valence-electron chi connectivity index (χ0n) is 27.7. The molecule has 1 unspecified atom stereocenters. The van der Waals surface area contributed by atoms with Crippen LogP contribution in [0.15, 0.2) is 72.8 Å². The van der Waals surface area contributed by atoms with Crippen molar-refractivity contribution in [1.82, 2.24) is 10.6 Å². The second-order valence-corrected chi connectivity index (χ2v) is 13.1. The molecular weight excluding hydrogens is 602 g/mol. The van der Waals surface area contributed by atoms with E-state index in [1.807, 2.05) is 48.5 Å². The van der Waals surface area contributed by atoms with Crippen LogP contribution in [0.5, 0.6) is 5.75 Å². The molecule has 0 aromatic heterocycles. The summed E-state index contributed by atoms with van der Waals surface area (Å²) < 4.78 is 21.9. The highest BCUT2D eigenvalue weighted by atomic mass is 16.6. The van der Waals surface area contributed by atoms with Crippen LogP contribution in [0, 0.1) is 0 Å². The molecule has 0 saturated heterocycles. The maximum absolute atomic E-state index is 13.3. The van der Waals surface area contributed by atoms with E-state index in [2.05, 4.69) is 16.0 Å². The number of rotatable bonds is 11. The predicted octanol–water partition coefficient (Wildman–Crippen LogP) is 6.17. The number of anilines is 1. The summed E-state index contributed by atoms with van der Waals surface area (Å²) in [6.45, 7) is 11.0. The van der Waals surface area contributed by atoms with Gasteiger partial charge in [0.25, 0.3) is 0 Å². The van der Waals surface area contributed by atoms with Gasteiger partial charge >= 0.3 is 18.2 Å². The third-order valence-electron chi connectivity index (χ3n) is 6.90. The van der Waals surface area contributed by atoms with Gasteiger partial charge in [-0.15, -0.1) is 0 Å². The van der Waals surface area contributed by atoms with E-state index >= 15 is 0 Å². The van der Waals surface area contributed by atoms with E-state index in [1.165, 1.54) is 0 Å². The van der Waals surface area contributed by atoms with Crippen molar-refractivity contribution in [2.75, 3.05) is 25.1 Å². The van der Waals surface area contributed by atoms with Crippen LogP contribution in [0.25, 0.3) is 11.1 Å². The molecule has 0 aliphatic heterocycles. The fourth-order valence-electron chi connectivity index (χ4n) is 5.04. The Morgan fingerprint density at radius 3 is 1.89 bits per heavy atom. The Morgan fingerprint density at radius 2 is 1.32 bits per heavy atom. The minimum atomic E-state index is -1.27. The number of carbonyl (C=O) groups is 4. The molecule has 1 aliphatic rings. The van der Waals surface area contributed by atoms with Crippen LogP contribution in [-0.2, 0) is 23.8 Å². The van der Waals surface area contributed by atoms with Crippen molar-refractivity contribution in [3.63, 3.8) is 0 Å². The minimum absolute atomic E-state index is 0.0510. The molecule has 47 heavy (non-hydrogen) atoms.